The molecule has 1 unspecified atom stereocenters. The number of methoxy groups -OCH3 is 2. The molecule has 3 aromatic rings. The van der Waals surface area contributed by atoms with Crippen LogP contribution in [-0.2, 0) is 14.3 Å². The number of ether oxygens (including phenoxy) is 2. The lowest BCUT2D eigenvalue weighted by Gasteiger charge is -2.20. The molecular formula is C24H24ClN3O4. The number of rotatable bonds is 9. The number of benzene rings is 3. The summed E-state index contributed by atoms with van der Waals surface area (Å²) in [6.07, 6.45) is 0. The quantitative estimate of drug-likeness (QED) is 0.436. The van der Waals surface area contributed by atoms with Crippen molar-refractivity contribution in [1.82, 2.24) is 0 Å². The van der Waals surface area contributed by atoms with E-state index in [0.29, 0.717) is 27.8 Å². The Labute approximate surface area is 191 Å². The zero-order valence-electron chi connectivity index (χ0n) is 17.7. The first kappa shape index (κ1) is 23.1. The standard InChI is InChI=1S/C24H24ClN3O4/c1-31-15-22(29)26-17-8-10-18(11-9-17)27-23(16-6-4-3-5-7-16)24(30)28-19-12-13-21(32-2)20(25)14-19/h3-14,23,27H,15H2,1-2H3,(H,26,29)(H,28,30). The highest BCUT2D eigenvalue weighted by Crippen LogP contribution is 2.28. The van der Waals surface area contributed by atoms with Gasteiger partial charge in [-0.15, -0.1) is 0 Å². The molecule has 0 radical (unpaired) electrons. The van der Waals surface area contributed by atoms with Crippen LogP contribution < -0.4 is 20.7 Å². The normalized spacial score (nSPS) is 11.3. The monoisotopic (exact) mass is 453 g/mol. The fourth-order valence-corrected chi connectivity index (χ4v) is 3.31. The van der Waals surface area contributed by atoms with E-state index in [2.05, 4.69) is 16.0 Å². The maximum absolute atomic E-state index is 13.1. The van der Waals surface area contributed by atoms with E-state index in [1.54, 1.807) is 42.5 Å². The Bertz CT molecular complexity index is 1060. The molecule has 166 valence electrons. The Morgan fingerprint density at radius 2 is 1.53 bits per heavy atom. The molecule has 7 nitrogen and oxygen atoms in total. The SMILES string of the molecule is COCC(=O)Nc1ccc(NC(C(=O)Nc2ccc(OC)c(Cl)c2)c2ccccc2)cc1. The molecular weight excluding hydrogens is 430 g/mol. The highest BCUT2D eigenvalue weighted by molar-refractivity contribution is 6.32. The molecule has 3 rings (SSSR count). The summed E-state index contributed by atoms with van der Waals surface area (Å²) in [5.41, 5.74) is 2.69. The van der Waals surface area contributed by atoms with Crippen molar-refractivity contribution >= 4 is 40.5 Å². The average Bonchev–Trinajstić information content (AvgIpc) is 2.79. The summed E-state index contributed by atoms with van der Waals surface area (Å²) in [6.45, 7) is -0.0222. The number of amides is 2. The average molecular weight is 454 g/mol. The van der Waals surface area contributed by atoms with Gasteiger partial charge in [0.1, 0.15) is 18.4 Å². The molecule has 0 aliphatic heterocycles. The smallest absolute Gasteiger partial charge is 0.251 e. The van der Waals surface area contributed by atoms with Gasteiger partial charge >= 0.3 is 0 Å². The van der Waals surface area contributed by atoms with Gasteiger partial charge in [0.05, 0.1) is 12.1 Å². The number of nitrogens with one attached hydrogen (secondary N) is 3. The molecule has 3 N–H and O–H groups in total. The van der Waals surface area contributed by atoms with Gasteiger partial charge in [0.2, 0.25) is 5.91 Å². The van der Waals surface area contributed by atoms with E-state index in [9.17, 15) is 9.59 Å². The fourth-order valence-electron chi connectivity index (χ4n) is 3.05. The van der Waals surface area contributed by atoms with Crippen LogP contribution in [-0.4, -0.2) is 32.6 Å². The minimum Gasteiger partial charge on any atom is -0.495 e. The van der Waals surface area contributed by atoms with Gasteiger partial charge in [-0.1, -0.05) is 41.9 Å². The number of hydrogen-bond acceptors (Lipinski definition) is 5. The number of carbonyl (C=O) groups excluding carboxylic acids is 2. The Morgan fingerprint density at radius 1 is 0.875 bits per heavy atom. The second-order valence-electron chi connectivity index (χ2n) is 6.89. The van der Waals surface area contributed by atoms with Gasteiger partial charge in [0, 0.05) is 24.2 Å². The van der Waals surface area contributed by atoms with Crippen molar-refractivity contribution < 1.29 is 19.1 Å². The third-order valence-corrected chi connectivity index (χ3v) is 4.86. The summed E-state index contributed by atoms with van der Waals surface area (Å²) in [7, 11) is 2.99. The third-order valence-electron chi connectivity index (χ3n) is 4.57. The molecule has 0 saturated heterocycles. The molecule has 8 heteroatoms. The molecule has 0 saturated carbocycles. The lowest BCUT2D eigenvalue weighted by molar-refractivity contribution is -0.119. The van der Waals surface area contributed by atoms with Crippen molar-refractivity contribution in [3.8, 4) is 5.75 Å². The van der Waals surface area contributed by atoms with Crippen molar-refractivity contribution in [3.05, 3.63) is 83.4 Å². The van der Waals surface area contributed by atoms with Crippen molar-refractivity contribution in [2.24, 2.45) is 0 Å². The van der Waals surface area contributed by atoms with Gasteiger partial charge in [-0.25, -0.2) is 0 Å². The molecule has 3 aromatic carbocycles. The molecule has 32 heavy (non-hydrogen) atoms. The predicted molar refractivity (Wildman–Crippen MR) is 126 cm³/mol. The molecule has 0 bridgehead atoms. The van der Waals surface area contributed by atoms with Gasteiger partial charge < -0.3 is 25.4 Å². The Kier molecular flexibility index (Phi) is 8.08. The lowest BCUT2D eigenvalue weighted by atomic mass is 10.1. The second kappa shape index (κ2) is 11.2. The van der Waals surface area contributed by atoms with E-state index in [0.717, 1.165) is 5.56 Å². The van der Waals surface area contributed by atoms with Crippen LogP contribution in [0.3, 0.4) is 0 Å². The van der Waals surface area contributed by atoms with Crippen LogP contribution in [0.2, 0.25) is 5.02 Å². The number of halogens is 1. The van der Waals surface area contributed by atoms with Crippen molar-refractivity contribution in [3.63, 3.8) is 0 Å². The van der Waals surface area contributed by atoms with Gasteiger partial charge in [-0.3, -0.25) is 9.59 Å². The van der Waals surface area contributed by atoms with Gasteiger partial charge in [0.25, 0.3) is 5.91 Å². The van der Waals surface area contributed by atoms with E-state index in [-0.39, 0.29) is 18.4 Å². The van der Waals surface area contributed by atoms with E-state index < -0.39 is 6.04 Å². The van der Waals surface area contributed by atoms with Crippen LogP contribution in [0.15, 0.2) is 72.8 Å². The summed E-state index contributed by atoms with van der Waals surface area (Å²) in [6, 6.07) is 20.8. The fraction of sp³-hybridized carbons (Fsp3) is 0.167. The molecule has 1 atom stereocenters. The Balaban J connectivity index is 1.77. The maximum Gasteiger partial charge on any atom is 0.251 e. The minimum absolute atomic E-state index is 0.0222. The summed E-state index contributed by atoms with van der Waals surface area (Å²) in [4.78, 5) is 24.8. The summed E-state index contributed by atoms with van der Waals surface area (Å²) in [5, 5.41) is 9.28. The second-order valence-corrected chi connectivity index (χ2v) is 7.29. The van der Waals surface area contributed by atoms with E-state index >= 15 is 0 Å². The first-order chi connectivity index (χ1) is 15.5. The zero-order valence-corrected chi connectivity index (χ0v) is 18.5. The third kappa shape index (κ3) is 6.23. The lowest BCUT2D eigenvalue weighted by Crippen LogP contribution is -2.27. The molecule has 2 amide bonds. The molecule has 0 fully saturated rings. The number of carbonyl (C=O) groups is 2. The molecule has 0 heterocycles. The number of anilines is 3. The maximum atomic E-state index is 13.1. The molecule has 0 spiro atoms. The van der Waals surface area contributed by atoms with E-state index in [1.807, 2.05) is 30.3 Å². The van der Waals surface area contributed by atoms with Gasteiger partial charge in [0.15, 0.2) is 0 Å². The summed E-state index contributed by atoms with van der Waals surface area (Å²) < 4.78 is 9.97. The van der Waals surface area contributed by atoms with Gasteiger partial charge in [-0.2, -0.15) is 0 Å². The van der Waals surface area contributed by atoms with Crippen LogP contribution in [0.25, 0.3) is 0 Å². The van der Waals surface area contributed by atoms with Crippen LogP contribution in [0.1, 0.15) is 11.6 Å². The van der Waals surface area contributed by atoms with E-state index in [1.165, 1.54) is 14.2 Å². The Hall–Kier alpha value is -3.55. The van der Waals surface area contributed by atoms with Crippen LogP contribution in [0.5, 0.6) is 5.75 Å². The van der Waals surface area contributed by atoms with Crippen molar-refractivity contribution in [2.45, 2.75) is 6.04 Å². The molecule has 0 aliphatic rings. The zero-order chi connectivity index (χ0) is 22.9. The Morgan fingerprint density at radius 3 is 2.16 bits per heavy atom. The highest BCUT2D eigenvalue weighted by Gasteiger charge is 2.21. The summed E-state index contributed by atoms with van der Waals surface area (Å²) in [5.74, 6) is 0.0305. The molecule has 0 aromatic heterocycles. The van der Waals surface area contributed by atoms with E-state index in [4.69, 9.17) is 21.1 Å². The van der Waals surface area contributed by atoms with Gasteiger partial charge in [-0.05, 0) is 48.0 Å². The highest BCUT2D eigenvalue weighted by atomic mass is 35.5. The first-order valence-electron chi connectivity index (χ1n) is 9.85. The van der Waals surface area contributed by atoms with Crippen LogP contribution >= 0.6 is 11.6 Å². The predicted octanol–water partition coefficient (Wildman–Crippen LogP) is 4.73. The minimum atomic E-state index is -0.661. The van der Waals surface area contributed by atoms with Crippen molar-refractivity contribution in [1.29, 1.82) is 0 Å². The summed E-state index contributed by atoms with van der Waals surface area (Å²) >= 11 is 6.18. The van der Waals surface area contributed by atoms with Crippen LogP contribution in [0, 0.1) is 0 Å². The first-order valence-corrected chi connectivity index (χ1v) is 10.2. The largest absolute Gasteiger partial charge is 0.495 e. The number of hydrogen-bond donors (Lipinski definition) is 3. The molecule has 0 aliphatic carbocycles. The topological polar surface area (TPSA) is 88.7 Å². The van der Waals surface area contributed by atoms with Crippen molar-refractivity contribution in [2.75, 3.05) is 36.8 Å². The van der Waals surface area contributed by atoms with Crippen LogP contribution in [0.4, 0.5) is 17.1 Å².